The average molecular weight is 482 g/mol. The molecule has 1 unspecified atom stereocenters. The number of carbonyl (C=O) groups excluding carboxylic acids is 1. The number of carbonyl (C=O) groups is 1. The van der Waals surface area contributed by atoms with Crippen LogP contribution >= 0.6 is 23.4 Å². The summed E-state index contributed by atoms with van der Waals surface area (Å²) in [7, 11) is 0. The number of aromatic nitrogens is 4. The monoisotopic (exact) mass is 481 g/mol. The van der Waals surface area contributed by atoms with Crippen molar-refractivity contribution in [2.24, 2.45) is 0 Å². The van der Waals surface area contributed by atoms with E-state index in [1.165, 1.54) is 11.8 Å². The molecule has 1 amide bonds. The number of halogens is 1. The number of para-hydroxylation sites is 1. The fourth-order valence-corrected chi connectivity index (χ4v) is 4.59. The van der Waals surface area contributed by atoms with Crippen molar-refractivity contribution in [1.82, 2.24) is 19.3 Å². The Morgan fingerprint density at radius 2 is 1.88 bits per heavy atom. The molecule has 0 saturated heterocycles. The molecule has 9 heteroatoms. The molecular weight excluding hydrogens is 458 g/mol. The molecule has 7 nitrogen and oxygen atoms in total. The van der Waals surface area contributed by atoms with E-state index in [-0.39, 0.29) is 17.5 Å². The van der Waals surface area contributed by atoms with Crippen LogP contribution in [0.3, 0.4) is 0 Å². The van der Waals surface area contributed by atoms with E-state index in [2.05, 4.69) is 10.4 Å². The van der Waals surface area contributed by atoms with Gasteiger partial charge in [-0.3, -0.25) is 14.2 Å². The van der Waals surface area contributed by atoms with Crippen LogP contribution in [0.2, 0.25) is 5.02 Å². The molecule has 0 saturated carbocycles. The predicted octanol–water partition coefficient (Wildman–Crippen LogP) is 5.24. The third kappa shape index (κ3) is 4.67. The fraction of sp³-hybridized carbons (Fsp3) is 0.250. The van der Waals surface area contributed by atoms with Gasteiger partial charge in [0.25, 0.3) is 5.56 Å². The minimum atomic E-state index is -0.528. The van der Waals surface area contributed by atoms with E-state index >= 15 is 0 Å². The number of fused-ring (bicyclic) bond motifs is 1. The highest BCUT2D eigenvalue weighted by Gasteiger charge is 2.22. The molecule has 170 valence electrons. The number of hydrogen-bond donors (Lipinski definition) is 1. The van der Waals surface area contributed by atoms with E-state index in [1.54, 1.807) is 46.6 Å². The molecule has 0 aliphatic heterocycles. The first-order chi connectivity index (χ1) is 15.8. The molecule has 0 radical (unpaired) electrons. The molecule has 2 heterocycles. The van der Waals surface area contributed by atoms with Crippen LogP contribution in [0, 0.1) is 6.92 Å². The molecule has 2 aromatic heterocycles. The number of amides is 1. The van der Waals surface area contributed by atoms with Crippen molar-refractivity contribution in [2.75, 3.05) is 5.32 Å². The number of hydrogen-bond acceptors (Lipinski definition) is 5. The lowest BCUT2D eigenvalue weighted by molar-refractivity contribution is -0.115. The third-order valence-electron chi connectivity index (χ3n) is 5.22. The van der Waals surface area contributed by atoms with Crippen LogP contribution in [-0.2, 0) is 4.79 Å². The van der Waals surface area contributed by atoms with Crippen molar-refractivity contribution in [3.63, 3.8) is 0 Å². The van der Waals surface area contributed by atoms with Crippen LogP contribution < -0.4 is 10.9 Å². The molecule has 33 heavy (non-hydrogen) atoms. The number of anilines is 1. The van der Waals surface area contributed by atoms with Crippen LogP contribution in [0.15, 0.2) is 64.7 Å². The number of thioether (sulfide) groups is 1. The molecule has 4 rings (SSSR count). The molecule has 1 atom stereocenters. The normalized spacial score (nSPS) is 12.3. The lowest BCUT2D eigenvalue weighted by Gasteiger charge is -2.18. The Kier molecular flexibility index (Phi) is 6.58. The van der Waals surface area contributed by atoms with Gasteiger partial charge in [-0.25, -0.2) is 9.67 Å². The van der Waals surface area contributed by atoms with Crippen LogP contribution in [0.25, 0.3) is 16.6 Å². The second-order valence-electron chi connectivity index (χ2n) is 7.99. The van der Waals surface area contributed by atoms with Crippen molar-refractivity contribution in [3.8, 4) is 5.69 Å². The summed E-state index contributed by atoms with van der Waals surface area (Å²) in [4.78, 5) is 31.2. The van der Waals surface area contributed by atoms with Gasteiger partial charge in [-0.1, -0.05) is 41.6 Å². The average Bonchev–Trinajstić information content (AvgIpc) is 3.23. The summed E-state index contributed by atoms with van der Waals surface area (Å²) >= 11 is 7.37. The zero-order valence-electron chi connectivity index (χ0n) is 18.7. The van der Waals surface area contributed by atoms with Crippen molar-refractivity contribution >= 4 is 46.0 Å². The van der Waals surface area contributed by atoms with Crippen LogP contribution in [0.5, 0.6) is 0 Å². The highest BCUT2D eigenvalue weighted by Crippen LogP contribution is 2.28. The molecule has 1 N–H and O–H groups in total. The highest BCUT2D eigenvalue weighted by atomic mass is 35.5. The molecule has 0 spiro atoms. The van der Waals surface area contributed by atoms with Gasteiger partial charge >= 0.3 is 0 Å². The lowest BCUT2D eigenvalue weighted by Crippen LogP contribution is -2.27. The summed E-state index contributed by atoms with van der Waals surface area (Å²) in [6.45, 7) is 7.70. The standard InChI is InChI=1S/C24H24ClN5O2S/c1-14(2)30-21(11-12-26-30)28-22(31)16(4)33-24-27-19-13-17(25)9-10-18(19)23(32)29(24)20-8-6-5-7-15(20)3/h5-14,16H,1-4H3,(H,28,31). The van der Waals surface area contributed by atoms with E-state index < -0.39 is 5.25 Å². The number of rotatable bonds is 6. The Balaban J connectivity index is 1.75. The molecule has 2 aromatic carbocycles. The quantitative estimate of drug-likeness (QED) is 0.300. The first kappa shape index (κ1) is 23.1. The molecular formula is C24H24ClN5O2S. The Labute approximate surface area is 200 Å². The van der Waals surface area contributed by atoms with Crippen LogP contribution in [0.4, 0.5) is 5.82 Å². The van der Waals surface area contributed by atoms with E-state index in [1.807, 2.05) is 45.0 Å². The summed E-state index contributed by atoms with van der Waals surface area (Å²) in [6.07, 6.45) is 1.65. The second-order valence-corrected chi connectivity index (χ2v) is 9.73. The Hall–Kier alpha value is -3.10. The van der Waals surface area contributed by atoms with Crippen molar-refractivity contribution < 1.29 is 4.79 Å². The van der Waals surface area contributed by atoms with E-state index in [0.717, 1.165) is 11.3 Å². The largest absolute Gasteiger partial charge is 0.310 e. The first-order valence-corrected chi connectivity index (χ1v) is 11.8. The maximum atomic E-state index is 13.5. The van der Waals surface area contributed by atoms with Crippen molar-refractivity contribution in [2.45, 2.75) is 44.1 Å². The van der Waals surface area contributed by atoms with Gasteiger partial charge in [-0.2, -0.15) is 5.10 Å². The van der Waals surface area contributed by atoms with Gasteiger partial charge in [0, 0.05) is 17.1 Å². The summed E-state index contributed by atoms with van der Waals surface area (Å²) < 4.78 is 3.31. The summed E-state index contributed by atoms with van der Waals surface area (Å²) in [5.41, 5.74) is 1.93. The van der Waals surface area contributed by atoms with Crippen molar-refractivity contribution in [1.29, 1.82) is 0 Å². The van der Waals surface area contributed by atoms with Gasteiger partial charge in [0.05, 0.1) is 28.0 Å². The minimum absolute atomic E-state index is 0.108. The van der Waals surface area contributed by atoms with E-state index in [0.29, 0.717) is 26.9 Å². The van der Waals surface area contributed by atoms with Gasteiger partial charge in [0.1, 0.15) is 5.82 Å². The van der Waals surface area contributed by atoms with Crippen LogP contribution in [-0.4, -0.2) is 30.5 Å². The number of nitrogens with zero attached hydrogens (tertiary/aromatic N) is 4. The van der Waals surface area contributed by atoms with E-state index in [9.17, 15) is 9.59 Å². The highest BCUT2D eigenvalue weighted by molar-refractivity contribution is 8.00. The smallest absolute Gasteiger partial charge is 0.266 e. The lowest BCUT2D eigenvalue weighted by atomic mass is 10.2. The fourth-order valence-electron chi connectivity index (χ4n) is 3.51. The maximum Gasteiger partial charge on any atom is 0.266 e. The van der Waals surface area contributed by atoms with Crippen molar-refractivity contribution in [3.05, 3.63) is 75.7 Å². The number of aryl methyl sites for hydroxylation is 1. The van der Waals surface area contributed by atoms with Gasteiger partial charge < -0.3 is 5.32 Å². The molecule has 0 fully saturated rings. The third-order valence-corrected chi connectivity index (χ3v) is 6.51. The molecule has 0 aliphatic rings. The predicted molar refractivity (Wildman–Crippen MR) is 134 cm³/mol. The topological polar surface area (TPSA) is 81.8 Å². The Morgan fingerprint density at radius 3 is 2.61 bits per heavy atom. The zero-order chi connectivity index (χ0) is 23.7. The molecule has 4 aromatic rings. The summed E-state index contributed by atoms with van der Waals surface area (Å²) in [6, 6.07) is 14.5. The van der Waals surface area contributed by atoms with Gasteiger partial charge in [-0.05, 0) is 57.5 Å². The zero-order valence-corrected chi connectivity index (χ0v) is 20.3. The maximum absolute atomic E-state index is 13.5. The second kappa shape index (κ2) is 9.41. The molecule has 0 aliphatic carbocycles. The van der Waals surface area contributed by atoms with Gasteiger partial charge in [-0.15, -0.1) is 0 Å². The molecule has 0 bridgehead atoms. The van der Waals surface area contributed by atoms with E-state index in [4.69, 9.17) is 16.6 Å². The minimum Gasteiger partial charge on any atom is -0.310 e. The first-order valence-electron chi connectivity index (χ1n) is 10.6. The SMILES string of the molecule is Cc1ccccc1-n1c(SC(C)C(=O)Nc2ccnn2C(C)C)nc2cc(Cl)ccc2c1=O. The van der Waals surface area contributed by atoms with Crippen LogP contribution in [0.1, 0.15) is 32.4 Å². The number of nitrogens with one attached hydrogen (secondary N) is 1. The van der Waals surface area contributed by atoms with Gasteiger partial charge in [0.2, 0.25) is 5.91 Å². The Bertz CT molecular complexity index is 1400. The van der Waals surface area contributed by atoms with Gasteiger partial charge in [0.15, 0.2) is 5.16 Å². The summed E-state index contributed by atoms with van der Waals surface area (Å²) in [5, 5.41) is 8.03. The Morgan fingerprint density at radius 1 is 1.12 bits per heavy atom. The number of benzene rings is 2. The summed E-state index contributed by atoms with van der Waals surface area (Å²) in [5.74, 6) is 0.413.